The lowest BCUT2D eigenvalue weighted by molar-refractivity contribution is 0.479. The van der Waals surface area contributed by atoms with E-state index in [9.17, 15) is 0 Å². The fourth-order valence-corrected chi connectivity index (χ4v) is 14.7. The largest absolute Gasteiger partial charge is 0.551 e. The second-order valence-electron chi connectivity index (χ2n) is 15.5. The Kier molecular flexibility index (Phi) is 7.65. The van der Waals surface area contributed by atoms with Crippen LogP contribution in [0.3, 0.4) is 0 Å². The Morgan fingerprint density at radius 2 is 0.949 bits per heavy atom. The third-order valence-corrected chi connectivity index (χ3v) is 17.2. The lowest BCUT2D eigenvalue weighted by Gasteiger charge is -2.37. The van der Waals surface area contributed by atoms with Gasteiger partial charge in [0.2, 0.25) is 0 Å². The molecule has 2 aliphatic heterocycles. The van der Waals surface area contributed by atoms with E-state index >= 15 is 0 Å². The highest BCUT2D eigenvalue weighted by molar-refractivity contribution is 7.20. The molecular weight excluding hydrogens is 733 g/mol. The zero-order valence-electron chi connectivity index (χ0n) is 32.1. The molecule has 0 atom stereocenters. The molecule has 1 aromatic heterocycles. The quantitative estimate of drug-likeness (QED) is 0.125. The second-order valence-corrected chi connectivity index (χ2v) is 19.3. The molecule has 276 valence electrons. The van der Waals surface area contributed by atoms with Gasteiger partial charge in [0.1, 0.15) is 17.2 Å². The van der Waals surface area contributed by atoms with Crippen LogP contribution in [-0.2, 0) is 0 Å². The van der Waals surface area contributed by atoms with Gasteiger partial charge in [0.15, 0.2) is 8.07 Å². The molecule has 10 aromatic rings. The van der Waals surface area contributed by atoms with Crippen molar-refractivity contribution < 1.29 is 9.39 Å². The highest BCUT2D eigenvalue weighted by Crippen LogP contribution is 2.43. The van der Waals surface area contributed by atoms with Gasteiger partial charge in [-0.15, -0.1) is 0 Å². The molecule has 3 nitrogen and oxygen atoms in total. The van der Waals surface area contributed by atoms with Gasteiger partial charge in [-0.05, 0) is 74.3 Å². The molecule has 12 rings (SSSR count). The summed E-state index contributed by atoms with van der Waals surface area (Å²) in [5.41, 5.74) is 10.0. The first kappa shape index (κ1) is 33.8. The van der Waals surface area contributed by atoms with E-state index in [1.807, 2.05) is 6.07 Å². The topological polar surface area (TPSA) is 23.4 Å². The Morgan fingerprint density at radius 3 is 1.61 bits per heavy atom. The third-order valence-electron chi connectivity index (χ3n) is 12.4. The molecule has 0 saturated heterocycles. The number of hydrogen-bond donors (Lipinski definition) is 0. The lowest BCUT2D eigenvalue weighted by Crippen LogP contribution is -2.74. The number of ether oxygens (including phenoxy) is 1. The fourth-order valence-electron chi connectivity index (χ4n) is 9.91. The maximum absolute atomic E-state index is 7.11. The number of rotatable bonds is 6. The Balaban J connectivity index is 1.13. The van der Waals surface area contributed by atoms with Crippen LogP contribution in [0.15, 0.2) is 218 Å². The van der Waals surface area contributed by atoms with Crippen molar-refractivity contribution in [3.63, 3.8) is 0 Å². The smallest absolute Gasteiger partial charge is 0.434 e. The summed E-state index contributed by atoms with van der Waals surface area (Å²) >= 11 is 0. The number of benzene rings is 9. The van der Waals surface area contributed by atoms with Crippen LogP contribution in [0.1, 0.15) is 0 Å². The molecule has 0 saturated carbocycles. The number of fused-ring (bicyclic) bond motifs is 7. The molecule has 0 radical (unpaired) electrons. The molecule has 5 heteroatoms. The highest BCUT2D eigenvalue weighted by atomic mass is 28.3. The Bertz CT molecular complexity index is 3090. The van der Waals surface area contributed by atoms with E-state index < -0.39 is 8.07 Å². The van der Waals surface area contributed by atoms with E-state index in [2.05, 4.69) is 217 Å². The van der Waals surface area contributed by atoms with Crippen molar-refractivity contribution in [2.24, 2.45) is 0 Å². The molecule has 9 aromatic carbocycles. The maximum Gasteiger partial charge on any atom is 0.434 e. The lowest BCUT2D eigenvalue weighted by atomic mass is 9.50. The highest BCUT2D eigenvalue weighted by Gasteiger charge is 2.44. The van der Waals surface area contributed by atoms with Crippen LogP contribution < -0.4 is 41.1 Å². The van der Waals surface area contributed by atoms with Crippen molar-refractivity contribution in [3.05, 3.63) is 218 Å². The average molecular weight is 770 g/mol. The minimum Gasteiger partial charge on any atom is -0.551 e. The van der Waals surface area contributed by atoms with Crippen LogP contribution >= 0.6 is 0 Å². The van der Waals surface area contributed by atoms with Gasteiger partial charge in [-0.3, -0.25) is 0 Å². The minimum atomic E-state index is -2.83. The van der Waals surface area contributed by atoms with Crippen LogP contribution in [-0.4, -0.2) is 19.6 Å². The van der Waals surface area contributed by atoms with E-state index in [1.54, 1.807) is 0 Å². The summed E-state index contributed by atoms with van der Waals surface area (Å²) in [5.74, 6) is 2.53. The van der Waals surface area contributed by atoms with Crippen molar-refractivity contribution >= 4 is 68.5 Å². The normalized spacial score (nSPS) is 12.6. The number of hydrogen-bond acceptors (Lipinski definition) is 2. The molecule has 3 heterocycles. The van der Waals surface area contributed by atoms with Crippen molar-refractivity contribution in [1.29, 1.82) is 0 Å². The molecule has 0 unspecified atom stereocenters. The standard InChI is InChI=1S/C54H36BNO2Si/c1-4-18-38(19-5-1)59(39-20-6-2-7-21-39,40-22-8-3-9-23-40)41-32-33-51-45(36-41)46-34-37(35-53-54(46)55(58-51)47-27-13-17-31-52(47)57-53)42-24-10-14-28-48(42)56-49-29-15-11-25-43(49)44-26-12-16-30-50(44)56/h1-36H. The van der Waals surface area contributed by atoms with E-state index in [4.69, 9.17) is 9.39 Å². The first-order valence-corrected chi connectivity index (χ1v) is 22.3. The van der Waals surface area contributed by atoms with Gasteiger partial charge in [-0.2, -0.15) is 0 Å². The van der Waals surface area contributed by atoms with Crippen LogP contribution in [0, 0.1) is 0 Å². The number of nitrogens with zero attached hydrogens (tertiary/aromatic N) is 1. The first-order chi connectivity index (χ1) is 29.3. The van der Waals surface area contributed by atoms with Crippen molar-refractivity contribution in [2.75, 3.05) is 0 Å². The summed E-state index contributed by atoms with van der Waals surface area (Å²) < 4.78 is 16.4. The average Bonchev–Trinajstić information content (AvgIpc) is 3.64. The fraction of sp³-hybridized carbons (Fsp3) is 0. The summed E-state index contributed by atoms with van der Waals surface area (Å²) in [6.07, 6.45) is 0. The predicted octanol–water partition coefficient (Wildman–Crippen LogP) is 9.10. The molecule has 0 amide bonds. The molecule has 0 N–H and O–H groups in total. The summed E-state index contributed by atoms with van der Waals surface area (Å²) in [6.45, 7) is -0.302. The molecule has 0 spiro atoms. The zero-order chi connectivity index (χ0) is 38.9. The van der Waals surface area contributed by atoms with Crippen molar-refractivity contribution in [3.8, 4) is 45.2 Å². The zero-order valence-corrected chi connectivity index (χ0v) is 33.1. The van der Waals surface area contributed by atoms with Crippen LogP contribution in [0.5, 0.6) is 17.2 Å². The van der Waals surface area contributed by atoms with Gasteiger partial charge in [0.05, 0.1) is 16.7 Å². The monoisotopic (exact) mass is 769 g/mol. The number of aromatic nitrogens is 1. The minimum absolute atomic E-state index is 0.302. The van der Waals surface area contributed by atoms with Gasteiger partial charge >= 0.3 is 6.92 Å². The van der Waals surface area contributed by atoms with Crippen LogP contribution in [0.4, 0.5) is 0 Å². The third kappa shape index (κ3) is 5.08. The van der Waals surface area contributed by atoms with E-state index in [1.165, 1.54) is 42.6 Å². The molecule has 0 bridgehead atoms. The maximum atomic E-state index is 7.11. The predicted molar refractivity (Wildman–Crippen MR) is 247 cm³/mol. The molecule has 0 aliphatic carbocycles. The Hall–Kier alpha value is -7.34. The summed E-state index contributed by atoms with van der Waals surface area (Å²) in [4.78, 5) is 0. The van der Waals surface area contributed by atoms with Gasteiger partial charge in [0, 0.05) is 32.8 Å². The van der Waals surface area contributed by atoms with Gasteiger partial charge < -0.3 is 14.0 Å². The van der Waals surface area contributed by atoms with E-state index in [-0.39, 0.29) is 6.92 Å². The van der Waals surface area contributed by atoms with Crippen molar-refractivity contribution in [1.82, 2.24) is 4.57 Å². The summed E-state index contributed by atoms with van der Waals surface area (Å²) in [7, 11) is -2.83. The van der Waals surface area contributed by atoms with Gasteiger partial charge in [0.25, 0.3) is 0 Å². The van der Waals surface area contributed by atoms with Crippen LogP contribution in [0.25, 0.3) is 49.7 Å². The van der Waals surface area contributed by atoms with Gasteiger partial charge in [-0.25, -0.2) is 0 Å². The van der Waals surface area contributed by atoms with Gasteiger partial charge in [-0.1, -0.05) is 176 Å². The Morgan fingerprint density at radius 1 is 0.390 bits per heavy atom. The second kappa shape index (κ2) is 13.4. The van der Waals surface area contributed by atoms with E-state index in [0.717, 1.165) is 56.1 Å². The number of para-hydroxylation sites is 4. The Labute approximate surface area is 344 Å². The van der Waals surface area contributed by atoms with E-state index in [0.29, 0.717) is 0 Å². The molecular formula is C54H36BNO2Si. The SMILES string of the molecule is c1ccc([Si](c2ccccc2)(c2ccccc2)c2ccc3c(c2)-c2cc(-c4ccccc4-n4c5ccccc5c5ccccc54)cc4c2B(O3)c2ccccc2O4)cc1. The van der Waals surface area contributed by atoms with Crippen LogP contribution in [0.2, 0.25) is 0 Å². The van der Waals surface area contributed by atoms with Crippen molar-refractivity contribution in [2.45, 2.75) is 0 Å². The summed E-state index contributed by atoms with van der Waals surface area (Å²) in [5, 5.41) is 7.77. The first-order valence-electron chi connectivity index (χ1n) is 20.3. The summed E-state index contributed by atoms with van der Waals surface area (Å²) in [6, 6.07) is 79.4. The molecule has 0 fully saturated rings. The molecule has 2 aliphatic rings. The molecule has 59 heavy (non-hydrogen) atoms.